The van der Waals surface area contributed by atoms with Gasteiger partial charge in [-0.3, -0.25) is 0 Å². The number of aryl methyl sites for hydroxylation is 1. The standard InChI is InChI=1S/C6H8S.C2H7N/c1-2-6-3-4-7-5-6;1-3-2/h3-5H,2H2,1H3;3H,1-2H3. The van der Waals surface area contributed by atoms with Crippen molar-refractivity contribution < 1.29 is 0 Å². The van der Waals surface area contributed by atoms with Crippen molar-refractivity contribution in [1.29, 1.82) is 0 Å². The van der Waals surface area contributed by atoms with E-state index in [1.54, 1.807) is 11.3 Å². The first-order chi connectivity index (χ1) is 4.85. The van der Waals surface area contributed by atoms with E-state index in [4.69, 9.17) is 0 Å². The Labute approximate surface area is 67.1 Å². The van der Waals surface area contributed by atoms with Crippen molar-refractivity contribution in [3.63, 3.8) is 0 Å². The Morgan fingerprint density at radius 3 is 2.30 bits per heavy atom. The molecule has 1 rings (SSSR count). The second-order valence-corrected chi connectivity index (χ2v) is 2.77. The van der Waals surface area contributed by atoms with Gasteiger partial charge in [-0.25, -0.2) is 0 Å². The summed E-state index contributed by atoms with van der Waals surface area (Å²) in [5, 5.41) is 7.04. The first-order valence-electron chi connectivity index (χ1n) is 3.44. The molecular formula is C8H15NS. The quantitative estimate of drug-likeness (QED) is 0.658. The zero-order valence-corrected chi connectivity index (χ0v) is 7.66. The third-order valence-electron chi connectivity index (χ3n) is 0.988. The first-order valence-corrected chi connectivity index (χ1v) is 4.39. The largest absolute Gasteiger partial charge is 0.323 e. The van der Waals surface area contributed by atoms with Gasteiger partial charge >= 0.3 is 0 Å². The van der Waals surface area contributed by atoms with Gasteiger partial charge < -0.3 is 5.32 Å². The number of hydrogen-bond donors (Lipinski definition) is 1. The van der Waals surface area contributed by atoms with Gasteiger partial charge in [0, 0.05) is 0 Å². The van der Waals surface area contributed by atoms with Crippen LogP contribution in [0.25, 0.3) is 0 Å². The topological polar surface area (TPSA) is 12.0 Å². The highest BCUT2D eigenvalue weighted by molar-refractivity contribution is 7.07. The number of nitrogens with one attached hydrogen (secondary N) is 1. The minimum absolute atomic E-state index is 1.17. The predicted octanol–water partition coefficient (Wildman–Crippen LogP) is 2.15. The summed E-state index contributed by atoms with van der Waals surface area (Å²) in [4.78, 5) is 0. The molecule has 0 aliphatic rings. The zero-order chi connectivity index (χ0) is 7.82. The van der Waals surface area contributed by atoms with Crippen molar-refractivity contribution in [2.45, 2.75) is 13.3 Å². The summed E-state index contributed by atoms with van der Waals surface area (Å²) in [7, 11) is 3.75. The lowest BCUT2D eigenvalue weighted by Crippen LogP contribution is -1.89. The van der Waals surface area contributed by atoms with E-state index >= 15 is 0 Å². The van der Waals surface area contributed by atoms with Crippen molar-refractivity contribution in [2.24, 2.45) is 0 Å². The fourth-order valence-corrected chi connectivity index (χ4v) is 1.25. The molecule has 0 radical (unpaired) electrons. The van der Waals surface area contributed by atoms with E-state index in [9.17, 15) is 0 Å². The molecule has 1 aromatic heterocycles. The van der Waals surface area contributed by atoms with Crippen LogP contribution in [0.1, 0.15) is 12.5 Å². The Hall–Kier alpha value is -0.340. The summed E-state index contributed by atoms with van der Waals surface area (Å²) in [5.41, 5.74) is 1.45. The van der Waals surface area contributed by atoms with Crippen LogP contribution < -0.4 is 5.32 Å². The molecule has 2 heteroatoms. The minimum Gasteiger partial charge on any atom is -0.323 e. The lowest BCUT2D eigenvalue weighted by Gasteiger charge is -1.78. The lowest BCUT2D eigenvalue weighted by molar-refractivity contribution is 1.02. The van der Waals surface area contributed by atoms with Crippen molar-refractivity contribution in [1.82, 2.24) is 5.32 Å². The lowest BCUT2D eigenvalue weighted by atomic mass is 10.3. The molecule has 0 spiro atoms. The van der Waals surface area contributed by atoms with Crippen LogP contribution in [0.2, 0.25) is 0 Å². The van der Waals surface area contributed by atoms with Gasteiger partial charge in [0.1, 0.15) is 0 Å². The smallest absolute Gasteiger partial charge is 0.00614 e. The van der Waals surface area contributed by atoms with Gasteiger partial charge in [0.25, 0.3) is 0 Å². The Morgan fingerprint density at radius 1 is 1.50 bits per heavy atom. The number of hydrogen-bond acceptors (Lipinski definition) is 2. The monoisotopic (exact) mass is 157 g/mol. The van der Waals surface area contributed by atoms with Crippen LogP contribution in [0.15, 0.2) is 16.8 Å². The summed E-state index contributed by atoms with van der Waals surface area (Å²) in [6.45, 7) is 2.17. The molecule has 1 N–H and O–H groups in total. The van der Waals surface area contributed by atoms with Gasteiger partial charge in [-0.2, -0.15) is 11.3 Å². The van der Waals surface area contributed by atoms with Gasteiger partial charge in [-0.05, 0) is 42.9 Å². The maximum absolute atomic E-state index is 2.75. The fraction of sp³-hybridized carbons (Fsp3) is 0.500. The average Bonchev–Trinajstić information content (AvgIpc) is 2.39. The highest BCUT2D eigenvalue weighted by Gasteiger charge is 1.82. The second kappa shape index (κ2) is 6.78. The van der Waals surface area contributed by atoms with Crippen LogP contribution in [0, 0.1) is 0 Å². The number of rotatable bonds is 1. The molecule has 0 unspecified atom stereocenters. The van der Waals surface area contributed by atoms with E-state index in [2.05, 4.69) is 29.1 Å². The Bertz CT molecular complexity index is 135. The van der Waals surface area contributed by atoms with Crippen molar-refractivity contribution in [2.75, 3.05) is 14.1 Å². The summed E-state index contributed by atoms with van der Waals surface area (Å²) in [6.07, 6.45) is 1.17. The van der Waals surface area contributed by atoms with Crippen LogP contribution in [0.3, 0.4) is 0 Å². The molecule has 10 heavy (non-hydrogen) atoms. The fourth-order valence-electron chi connectivity index (χ4n) is 0.494. The van der Waals surface area contributed by atoms with Crippen LogP contribution >= 0.6 is 11.3 Å². The van der Waals surface area contributed by atoms with Gasteiger partial charge in [0.15, 0.2) is 0 Å². The Kier molecular flexibility index (Phi) is 6.55. The Morgan fingerprint density at radius 2 is 2.10 bits per heavy atom. The number of thiophene rings is 1. The third kappa shape index (κ3) is 4.53. The van der Waals surface area contributed by atoms with Gasteiger partial charge in [-0.15, -0.1) is 0 Å². The third-order valence-corrected chi connectivity index (χ3v) is 1.72. The molecule has 0 fully saturated rings. The van der Waals surface area contributed by atoms with Crippen molar-refractivity contribution >= 4 is 11.3 Å². The minimum atomic E-state index is 1.17. The van der Waals surface area contributed by atoms with E-state index in [0.29, 0.717) is 0 Å². The molecule has 0 saturated carbocycles. The van der Waals surface area contributed by atoms with Gasteiger partial charge in [0.05, 0.1) is 0 Å². The molecule has 1 heterocycles. The molecule has 58 valence electrons. The normalized spacial score (nSPS) is 8.30. The molecule has 1 nitrogen and oxygen atoms in total. The summed E-state index contributed by atoms with van der Waals surface area (Å²) in [5.74, 6) is 0. The summed E-state index contributed by atoms with van der Waals surface area (Å²) >= 11 is 1.76. The molecule has 0 aliphatic carbocycles. The predicted molar refractivity (Wildman–Crippen MR) is 48.7 cm³/mol. The molecular weight excluding hydrogens is 142 g/mol. The molecule has 0 bridgehead atoms. The molecule has 0 saturated heterocycles. The molecule has 1 aromatic rings. The summed E-state index contributed by atoms with van der Waals surface area (Å²) < 4.78 is 0. The molecule has 0 atom stereocenters. The van der Waals surface area contributed by atoms with Crippen LogP contribution in [-0.2, 0) is 6.42 Å². The SMILES string of the molecule is CCc1ccsc1.CNC. The van der Waals surface area contributed by atoms with Crippen LogP contribution in [0.4, 0.5) is 0 Å². The molecule has 0 aromatic carbocycles. The maximum atomic E-state index is 2.75. The second-order valence-electron chi connectivity index (χ2n) is 1.99. The van der Waals surface area contributed by atoms with Crippen molar-refractivity contribution in [3.05, 3.63) is 22.4 Å². The van der Waals surface area contributed by atoms with Crippen LogP contribution in [-0.4, -0.2) is 14.1 Å². The first kappa shape index (κ1) is 9.66. The maximum Gasteiger partial charge on any atom is -0.00614 e. The van der Waals surface area contributed by atoms with Crippen LogP contribution in [0.5, 0.6) is 0 Å². The van der Waals surface area contributed by atoms with Gasteiger partial charge in [0.2, 0.25) is 0 Å². The van der Waals surface area contributed by atoms with E-state index in [-0.39, 0.29) is 0 Å². The molecule has 0 amide bonds. The summed E-state index contributed by atoms with van der Waals surface area (Å²) in [6, 6.07) is 2.16. The van der Waals surface area contributed by atoms with E-state index < -0.39 is 0 Å². The van der Waals surface area contributed by atoms with Crippen molar-refractivity contribution in [3.8, 4) is 0 Å². The van der Waals surface area contributed by atoms with E-state index in [0.717, 1.165) is 0 Å². The van der Waals surface area contributed by atoms with Gasteiger partial charge in [-0.1, -0.05) is 6.92 Å². The zero-order valence-electron chi connectivity index (χ0n) is 6.85. The molecule has 0 aliphatic heterocycles. The average molecular weight is 157 g/mol. The highest BCUT2D eigenvalue weighted by atomic mass is 32.1. The van der Waals surface area contributed by atoms with E-state index in [1.807, 2.05) is 14.1 Å². The Balaban J connectivity index is 0.000000236. The highest BCUT2D eigenvalue weighted by Crippen LogP contribution is 2.04. The van der Waals surface area contributed by atoms with E-state index in [1.165, 1.54) is 12.0 Å².